The summed E-state index contributed by atoms with van der Waals surface area (Å²) in [5, 5.41) is 11.0. The Labute approximate surface area is 128 Å². The number of alkyl halides is 2. The Morgan fingerprint density at radius 3 is 2.32 bits per heavy atom. The maximum Gasteiger partial charge on any atom is 0.260 e. The summed E-state index contributed by atoms with van der Waals surface area (Å²) in [5.41, 5.74) is 1.76. The van der Waals surface area contributed by atoms with Crippen LogP contribution in [0.1, 0.15) is 11.1 Å². The highest BCUT2D eigenvalue weighted by atomic mass is 79.9. The smallest absolute Gasteiger partial charge is 0.260 e. The molecule has 0 aliphatic carbocycles. The molecule has 1 aliphatic rings. The minimum Gasteiger partial charge on any atom is -0.455 e. The summed E-state index contributed by atoms with van der Waals surface area (Å²) in [7, 11) is 0. The average Bonchev–Trinajstić information content (AvgIpc) is 2.40. The number of para-hydroxylation sites is 1. The van der Waals surface area contributed by atoms with E-state index in [2.05, 4.69) is 31.9 Å². The van der Waals surface area contributed by atoms with Gasteiger partial charge in [-0.3, -0.25) is 0 Å². The second-order valence-electron chi connectivity index (χ2n) is 4.60. The Bertz CT molecular complexity index is 598. The number of benzene rings is 2. The molecule has 1 N–H and O–H groups in total. The molecular weight excluding hydrogens is 372 g/mol. The maximum absolute atomic E-state index is 11.0. The molecular formula is C15H12Br2O2. The molecule has 2 nitrogen and oxygen atoms in total. The van der Waals surface area contributed by atoms with Gasteiger partial charge < -0.3 is 9.84 Å². The van der Waals surface area contributed by atoms with Crippen LogP contribution in [-0.4, -0.2) is 8.34 Å². The van der Waals surface area contributed by atoms with Gasteiger partial charge in [-0.2, -0.15) is 0 Å². The van der Waals surface area contributed by atoms with Gasteiger partial charge in [-0.05, 0) is 11.6 Å². The maximum atomic E-state index is 11.0. The van der Waals surface area contributed by atoms with E-state index in [1.807, 2.05) is 54.6 Å². The molecule has 0 amide bonds. The van der Waals surface area contributed by atoms with Crippen LogP contribution in [-0.2, 0) is 12.2 Å². The quantitative estimate of drug-likeness (QED) is 0.755. The predicted molar refractivity (Wildman–Crippen MR) is 81.7 cm³/mol. The standard InChI is InChI=1S/C15H12Br2O2/c16-14(17)10-11-6-4-5-9-13(11)19-15(14,18)12-7-2-1-3-8-12/h1-9,18H,10H2. The van der Waals surface area contributed by atoms with Crippen LogP contribution in [0, 0.1) is 0 Å². The summed E-state index contributed by atoms with van der Waals surface area (Å²) in [6.07, 6.45) is 0.620. The van der Waals surface area contributed by atoms with E-state index in [1.165, 1.54) is 0 Å². The molecule has 3 rings (SSSR count). The van der Waals surface area contributed by atoms with Crippen molar-refractivity contribution in [2.24, 2.45) is 0 Å². The van der Waals surface area contributed by atoms with E-state index in [9.17, 15) is 5.11 Å². The van der Waals surface area contributed by atoms with Gasteiger partial charge in [0.15, 0.2) is 3.23 Å². The molecule has 0 saturated heterocycles. The topological polar surface area (TPSA) is 29.5 Å². The lowest BCUT2D eigenvalue weighted by atomic mass is 9.94. The molecule has 2 aromatic rings. The van der Waals surface area contributed by atoms with Crippen molar-refractivity contribution in [1.82, 2.24) is 0 Å². The normalized spacial score (nSPS) is 24.4. The Kier molecular flexibility index (Phi) is 3.20. The number of hydrogen-bond acceptors (Lipinski definition) is 2. The Hall–Kier alpha value is -0.840. The first-order chi connectivity index (χ1) is 9.03. The summed E-state index contributed by atoms with van der Waals surface area (Å²) < 4.78 is 5.12. The van der Waals surface area contributed by atoms with Gasteiger partial charge in [0, 0.05) is 12.0 Å². The number of ether oxygens (including phenoxy) is 1. The van der Waals surface area contributed by atoms with Crippen LogP contribution in [0.5, 0.6) is 5.75 Å². The predicted octanol–water partition coefficient (Wildman–Crippen LogP) is 3.95. The van der Waals surface area contributed by atoms with Crippen molar-refractivity contribution in [3.8, 4) is 5.75 Å². The molecule has 1 aliphatic heterocycles. The van der Waals surface area contributed by atoms with E-state index in [4.69, 9.17) is 4.74 Å². The highest BCUT2D eigenvalue weighted by Crippen LogP contribution is 2.52. The molecule has 19 heavy (non-hydrogen) atoms. The summed E-state index contributed by atoms with van der Waals surface area (Å²) in [4.78, 5) is 0. The largest absolute Gasteiger partial charge is 0.455 e. The summed E-state index contributed by atoms with van der Waals surface area (Å²) in [6.45, 7) is 0. The summed E-state index contributed by atoms with van der Waals surface area (Å²) in [5.74, 6) is -0.744. The van der Waals surface area contributed by atoms with Crippen molar-refractivity contribution in [2.75, 3.05) is 0 Å². The fourth-order valence-electron chi connectivity index (χ4n) is 2.28. The second kappa shape index (κ2) is 4.62. The van der Waals surface area contributed by atoms with Crippen molar-refractivity contribution < 1.29 is 9.84 Å². The third-order valence-electron chi connectivity index (χ3n) is 3.30. The molecule has 0 fully saturated rings. The average molecular weight is 384 g/mol. The summed E-state index contributed by atoms with van der Waals surface area (Å²) >= 11 is 7.13. The zero-order valence-electron chi connectivity index (χ0n) is 10.0. The van der Waals surface area contributed by atoms with Gasteiger partial charge in [0.2, 0.25) is 0 Å². The highest BCUT2D eigenvalue weighted by molar-refractivity contribution is 9.25. The first kappa shape index (κ1) is 13.2. The van der Waals surface area contributed by atoms with Gasteiger partial charge in [-0.1, -0.05) is 80.4 Å². The third-order valence-corrected chi connectivity index (χ3v) is 4.94. The highest BCUT2D eigenvalue weighted by Gasteiger charge is 2.54. The van der Waals surface area contributed by atoms with Crippen molar-refractivity contribution in [3.05, 3.63) is 65.7 Å². The zero-order valence-corrected chi connectivity index (χ0v) is 13.2. The van der Waals surface area contributed by atoms with Gasteiger partial charge in [0.25, 0.3) is 5.79 Å². The van der Waals surface area contributed by atoms with E-state index < -0.39 is 9.02 Å². The SMILES string of the molecule is OC1(c2ccccc2)Oc2ccccc2CC1(Br)Br. The molecule has 1 heterocycles. The minimum absolute atomic E-state index is 0.620. The molecule has 1 atom stereocenters. The number of hydrogen-bond donors (Lipinski definition) is 1. The monoisotopic (exact) mass is 382 g/mol. The van der Waals surface area contributed by atoms with Crippen molar-refractivity contribution in [2.45, 2.75) is 15.4 Å². The Morgan fingerprint density at radius 2 is 1.58 bits per heavy atom. The second-order valence-corrected chi connectivity index (χ2v) is 8.37. The van der Waals surface area contributed by atoms with Gasteiger partial charge in [0.1, 0.15) is 5.75 Å². The molecule has 0 aromatic heterocycles. The van der Waals surface area contributed by atoms with Gasteiger partial charge in [-0.25, -0.2) is 0 Å². The number of halogens is 2. The molecule has 0 saturated carbocycles. The first-order valence-electron chi connectivity index (χ1n) is 5.95. The van der Waals surface area contributed by atoms with E-state index >= 15 is 0 Å². The molecule has 4 heteroatoms. The van der Waals surface area contributed by atoms with E-state index in [1.54, 1.807) is 0 Å². The lowest BCUT2D eigenvalue weighted by Gasteiger charge is -2.43. The number of rotatable bonds is 1. The fourth-order valence-corrected chi connectivity index (χ4v) is 3.50. The molecule has 0 spiro atoms. The van der Waals surface area contributed by atoms with Crippen molar-refractivity contribution in [3.63, 3.8) is 0 Å². The zero-order chi connectivity index (χ0) is 13.5. The minimum atomic E-state index is -1.46. The molecule has 0 radical (unpaired) electrons. The van der Waals surface area contributed by atoms with E-state index in [0.717, 1.165) is 5.56 Å². The molecule has 2 aromatic carbocycles. The van der Waals surface area contributed by atoms with Crippen LogP contribution in [0.25, 0.3) is 0 Å². The van der Waals surface area contributed by atoms with Crippen molar-refractivity contribution >= 4 is 31.9 Å². The van der Waals surface area contributed by atoms with Crippen LogP contribution in [0.3, 0.4) is 0 Å². The number of aliphatic hydroxyl groups is 1. The van der Waals surface area contributed by atoms with Crippen LogP contribution in [0.4, 0.5) is 0 Å². The van der Waals surface area contributed by atoms with E-state index in [-0.39, 0.29) is 0 Å². The summed E-state index contributed by atoms with van der Waals surface area (Å²) in [6, 6.07) is 17.1. The van der Waals surface area contributed by atoms with E-state index in [0.29, 0.717) is 17.7 Å². The lowest BCUT2D eigenvalue weighted by molar-refractivity contribution is -0.158. The third kappa shape index (κ3) is 2.12. The lowest BCUT2D eigenvalue weighted by Crippen LogP contribution is -2.51. The number of fused-ring (bicyclic) bond motifs is 1. The Balaban J connectivity index is 2.12. The molecule has 1 unspecified atom stereocenters. The fraction of sp³-hybridized carbons (Fsp3) is 0.200. The first-order valence-corrected chi connectivity index (χ1v) is 7.54. The molecule has 98 valence electrons. The van der Waals surface area contributed by atoms with Crippen LogP contribution in [0.15, 0.2) is 54.6 Å². The Morgan fingerprint density at radius 1 is 0.947 bits per heavy atom. The van der Waals surface area contributed by atoms with Crippen LogP contribution in [0.2, 0.25) is 0 Å². The van der Waals surface area contributed by atoms with Gasteiger partial charge in [-0.15, -0.1) is 0 Å². The van der Waals surface area contributed by atoms with Gasteiger partial charge >= 0.3 is 0 Å². The van der Waals surface area contributed by atoms with Crippen molar-refractivity contribution in [1.29, 1.82) is 0 Å². The van der Waals surface area contributed by atoms with Gasteiger partial charge in [0.05, 0.1) is 0 Å². The van der Waals surface area contributed by atoms with Crippen LogP contribution >= 0.6 is 31.9 Å². The molecule has 0 bridgehead atoms. The van der Waals surface area contributed by atoms with Crippen LogP contribution < -0.4 is 4.74 Å².